The molecule has 72 valence electrons. The standard InChI is InChI=1S/C8H11NO3S/c1-2-9(10)7-3-5-8(6-4-7)13(11)12/h3-6,9H,2H2,1H3,(H,11,12). The zero-order valence-electron chi connectivity index (χ0n) is 7.19. The molecule has 2 unspecified atom stereocenters. The Morgan fingerprint density at radius 2 is 2.00 bits per heavy atom. The Morgan fingerprint density at radius 1 is 1.46 bits per heavy atom. The first-order chi connectivity index (χ1) is 6.15. The van der Waals surface area contributed by atoms with Crippen LogP contribution in [0.4, 0.5) is 5.69 Å². The van der Waals surface area contributed by atoms with Crippen molar-refractivity contribution in [3.05, 3.63) is 29.5 Å². The lowest BCUT2D eigenvalue weighted by molar-refractivity contribution is -0.773. The zero-order valence-corrected chi connectivity index (χ0v) is 8.00. The molecule has 0 amide bonds. The molecule has 0 spiro atoms. The fourth-order valence-electron chi connectivity index (χ4n) is 0.961. The van der Waals surface area contributed by atoms with Crippen LogP contribution >= 0.6 is 0 Å². The molecule has 1 aromatic rings. The number of rotatable bonds is 3. The number of hydrogen-bond acceptors (Lipinski definition) is 2. The molecule has 1 aromatic carbocycles. The van der Waals surface area contributed by atoms with Gasteiger partial charge in [0.1, 0.15) is 5.69 Å². The maximum absolute atomic E-state index is 11.2. The Balaban J connectivity index is 2.87. The molecule has 0 aliphatic rings. The molecule has 0 aliphatic heterocycles. The highest BCUT2D eigenvalue weighted by atomic mass is 32.2. The third-order valence-electron chi connectivity index (χ3n) is 1.70. The van der Waals surface area contributed by atoms with Crippen LogP contribution in [0.5, 0.6) is 0 Å². The molecule has 5 heteroatoms. The van der Waals surface area contributed by atoms with Crippen molar-refractivity contribution < 1.29 is 13.8 Å². The van der Waals surface area contributed by atoms with Crippen LogP contribution in [0, 0.1) is 5.21 Å². The normalized spacial score (nSPS) is 15.3. The second-order valence-electron chi connectivity index (χ2n) is 2.55. The largest absolute Gasteiger partial charge is 0.629 e. The number of nitrogens with one attached hydrogen (secondary N) is 1. The van der Waals surface area contributed by atoms with Gasteiger partial charge in [-0.05, 0) is 19.1 Å². The first-order valence-electron chi connectivity index (χ1n) is 3.89. The summed E-state index contributed by atoms with van der Waals surface area (Å²) in [5.41, 5.74) is 0.580. The summed E-state index contributed by atoms with van der Waals surface area (Å²) in [5.74, 6) is 0. The van der Waals surface area contributed by atoms with Crippen LogP contribution in [0.3, 0.4) is 0 Å². The van der Waals surface area contributed by atoms with Crippen molar-refractivity contribution in [3.63, 3.8) is 0 Å². The third kappa shape index (κ3) is 2.60. The molecule has 2 atom stereocenters. The summed E-state index contributed by atoms with van der Waals surface area (Å²) in [4.78, 5) is 0.313. The van der Waals surface area contributed by atoms with Crippen LogP contribution in [0.2, 0.25) is 0 Å². The minimum absolute atomic E-state index is 0.0373. The Kier molecular flexibility index (Phi) is 3.56. The van der Waals surface area contributed by atoms with Crippen molar-refractivity contribution in [3.8, 4) is 0 Å². The highest BCUT2D eigenvalue weighted by molar-refractivity contribution is 7.79. The van der Waals surface area contributed by atoms with E-state index in [4.69, 9.17) is 4.55 Å². The molecule has 1 rings (SSSR count). The van der Waals surface area contributed by atoms with Gasteiger partial charge in [-0.25, -0.2) is 4.21 Å². The van der Waals surface area contributed by atoms with Crippen molar-refractivity contribution in [1.29, 1.82) is 0 Å². The maximum Gasteiger partial charge on any atom is 0.186 e. The first-order valence-corrected chi connectivity index (χ1v) is 5.00. The molecule has 0 saturated carbocycles. The number of benzene rings is 1. The molecule has 0 radical (unpaired) electrons. The minimum Gasteiger partial charge on any atom is -0.629 e. The van der Waals surface area contributed by atoms with Crippen LogP contribution < -0.4 is 5.06 Å². The van der Waals surface area contributed by atoms with Gasteiger partial charge in [-0.2, -0.15) is 0 Å². The summed E-state index contributed by atoms with van der Waals surface area (Å²) in [6, 6.07) is 6.10. The van der Waals surface area contributed by atoms with E-state index in [0.717, 1.165) is 0 Å². The van der Waals surface area contributed by atoms with Gasteiger partial charge in [-0.1, -0.05) is 0 Å². The maximum atomic E-state index is 11.2. The fourth-order valence-corrected chi connectivity index (χ4v) is 1.33. The SMILES string of the molecule is CC[NH+]([O-])c1ccc(S(=O)O)cc1. The number of hydrogen-bond donors (Lipinski definition) is 2. The van der Waals surface area contributed by atoms with Crippen LogP contribution in [0.25, 0.3) is 0 Å². The van der Waals surface area contributed by atoms with Gasteiger partial charge in [-0.3, -0.25) is 0 Å². The van der Waals surface area contributed by atoms with Crippen LogP contribution in [-0.4, -0.2) is 15.3 Å². The quantitative estimate of drug-likeness (QED) is 0.546. The van der Waals surface area contributed by atoms with Crippen LogP contribution in [0.15, 0.2) is 29.2 Å². The topological polar surface area (TPSA) is 64.8 Å². The summed E-state index contributed by atoms with van der Waals surface area (Å²) >= 11 is -1.96. The van der Waals surface area contributed by atoms with Gasteiger partial charge in [0, 0.05) is 12.1 Å². The van der Waals surface area contributed by atoms with Gasteiger partial charge >= 0.3 is 0 Å². The van der Waals surface area contributed by atoms with Gasteiger partial charge in [0.25, 0.3) is 0 Å². The van der Waals surface area contributed by atoms with E-state index >= 15 is 0 Å². The number of hydroxylamine groups is 1. The van der Waals surface area contributed by atoms with Gasteiger partial charge in [0.15, 0.2) is 11.1 Å². The third-order valence-corrected chi connectivity index (χ3v) is 2.37. The molecule has 0 aliphatic carbocycles. The average molecular weight is 201 g/mol. The molecule has 4 nitrogen and oxygen atoms in total. The lowest BCUT2D eigenvalue weighted by atomic mass is 10.3. The molecule has 2 N–H and O–H groups in total. The second-order valence-corrected chi connectivity index (χ2v) is 3.52. The van der Waals surface area contributed by atoms with E-state index in [0.29, 0.717) is 17.1 Å². The van der Waals surface area contributed by atoms with Crippen molar-refractivity contribution >= 4 is 16.8 Å². The van der Waals surface area contributed by atoms with Crippen LogP contribution in [-0.2, 0) is 11.1 Å². The Hall–Kier alpha value is -0.750. The molecular weight excluding hydrogens is 190 g/mol. The van der Waals surface area contributed by atoms with E-state index in [9.17, 15) is 9.42 Å². The van der Waals surface area contributed by atoms with E-state index < -0.39 is 11.1 Å². The first kappa shape index (κ1) is 10.3. The Bertz CT molecular complexity index is 299. The van der Waals surface area contributed by atoms with Gasteiger partial charge in [0.2, 0.25) is 0 Å². The van der Waals surface area contributed by atoms with Crippen molar-refractivity contribution in [2.45, 2.75) is 11.8 Å². The van der Waals surface area contributed by atoms with Gasteiger partial charge < -0.3 is 14.8 Å². The minimum atomic E-state index is -1.96. The fraction of sp³-hybridized carbons (Fsp3) is 0.250. The van der Waals surface area contributed by atoms with E-state index in [1.807, 2.05) is 0 Å². The lowest BCUT2D eigenvalue weighted by Gasteiger charge is -2.19. The van der Waals surface area contributed by atoms with Crippen molar-refractivity contribution in [2.75, 3.05) is 6.54 Å². The molecule has 0 saturated heterocycles. The van der Waals surface area contributed by atoms with E-state index in [1.54, 1.807) is 19.1 Å². The molecule has 13 heavy (non-hydrogen) atoms. The second kappa shape index (κ2) is 4.48. The molecular formula is C8H11NO3S. The summed E-state index contributed by atoms with van der Waals surface area (Å²) < 4.78 is 19.3. The highest BCUT2D eigenvalue weighted by Gasteiger charge is 2.02. The Labute approximate surface area is 79.0 Å². The smallest absolute Gasteiger partial charge is 0.186 e. The predicted octanol–water partition coefficient (Wildman–Crippen LogP) is 0.301. The lowest BCUT2D eigenvalue weighted by Crippen LogP contribution is -3.01. The van der Waals surface area contributed by atoms with Gasteiger partial charge in [-0.15, -0.1) is 0 Å². The summed E-state index contributed by atoms with van der Waals surface area (Å²) in [7, 11) is 0. The summed E-state index contributed by atoms with van der Waals surface area (Å²) in [6.45, 7) is 2.22. The van der Waals surface area contributed by atoms with Gasteiger partial charge in [0.05, 0.1) is 11.4 Å². The molecule has 0 heterocycles. The predicted molar refractivity (Wildman–Crippen MR) is 50.0 cm³/mol. The van der Waals surface area contributed by atoms with E-state index in [-0.39, 0.29) is 5.06 Å². The average Bonchev–Trinajstić information content (AvgIpc) is 2.17. The summed E-state index contributed by atoms with van der Waals surface area (Å²) in [6.07, 6.45) is 0. The highest BCUT2D eigenvalue weighted by Crippen LogP contribution is 2.07. The van der Waals surface area contributed by atoms with E-state index in [2.05, 4.69) is 0 Å². The van der Waals surface area contributed by atoms with Crippen LogP contribution in [0.1, 0.15) is 6.92 Å². The molecule has 0 aromatic heterocycles. The van der Waals surface area contributed by atoms with Crippen molar-refractivity contribution in [2.24, 2.45) is 0 Å². The molecule has 0 fully saturated rings. The monoisotopic (exact) mass is 201 g/mol. The zero-order chi connectivity index (χ0) is 9.84. The number of quaternary nitrogens is 1. The Morgan fingerprint density at radius 3 is 2.38 bits per heavy atom. The summed E-state index contributed by atoms with van der Waals surface area (Å²) in [5, 5.41) is 11.2. The molecule has 0 bridgehead atoms. The van der Waals surface area contributed by atoms with E-state index in [1.165, 1.54) is 12.1 Å². The van der Waals surface area contributed by atoms with Crippen molar-refractivity contribution in [1.82, 2.24) is 0 Å².